The third-order valence-electron chi connectivity index (χ3n) is 2.78. The molecule has 0 unspecified atom stereocenters. The standard InChI is InChI=1S/C15H17F3N2O4/c1-4-23-14(22)10(2)19-20(3)13(21)9-24-12-8-6-5-7-11(12)15(16,17)18/h5-8H,4,9H2,1-3H3. The Morgan fingerprint density at radius 3 is 2.46 bits per heavy atom. The molecule has 0 aliphatic carbocycles. The maximum Gasteiger partial charge on any atom is 0.419 e. The van der Waals surface area contributed by atoms with Gasteiger partial charge in [0, 0.05) is 7.05 Å². The Labute approximate surface area is 136 Å². The highest BCUT2D eigenvalue weighted by molar-refractivity contribution is 6.35. The molecular weight excluding hydrogens is 329 g/mol. The number of rotatable bonds is 6. The van der Waals surface area contributed by atoms with E-state index in [2.05, 4.69) is 5.10 Å². The lowest BCUT2D eigenvalue weighted by atomic mass is 10.2. The molecule has 0 aliphatic heterocycles. The molecule has 0 saturated heterocycles. The van der Waals surface area contributed by atoms with Crippen LogP contribution in [0.25, 0.3) is 0 Å². The van der Waals surface area contributed by atoms with Crippen LogP contribution in [0.15, 0.2) is 29.4 Å². The van der Waals surface area contributed by atoms with Crippen LogP contribution in [-0.2, 0) is 20.5 Å². The Morgan fingerprint density at radius 2 is 1.88 bits per heavy atom. The second-order valence-electron chi connectivity index (χ2n) is 4.61. The molecule has 0 radical (unpaired) electrons. The van der Waals surface area contributed by atoms with E-state index in [1.807, 2.05) is 0 Å². The molecule has 9 heteroatoms. The van der Waals surface area contributed by atoms with Gasteiger partial charge in [-0.25, -0.2) is 9.80 Å². The third kappa shape index (κ3) is 5.56. The zero-order valence-corrected chi connectivity index (χ0v) is 13.4. The zero-order valence-electron chi connectivity index (χ0n) is 13.4. The van der Waals surface area contributed by atoms with Crippen molar-refractivity contribution in [3.05, 3.63) is 29.8 Å². The quantitative estimate of drug-likeness (QED) is 0.451. The van der Waals surface area contributed by atoms with Crippen LogP contribution in [0.3, 0.4) is 0 Å². The fourth-order valence-corrected chi connectivity index (χ4v) is 1.62. The minimum Gasteiger partial charge on any atom is -0.483 e. The SMILES string of the molecule is CCOC(=O)C(C)=NN(C)C(=O)COc1ccccc1C(F)(F)F. The number of alkyl halides is 3. The number of hydrazone groups is 1. The number of carbonyl (C=O) groups excluding carboxylic acids is 2. The summed E-state index contributed by atoms with van der Waals surface area (Å²) in [5.41, 5.74) is -1.05. The number of hydrogen-bond donors (Lipinski definition) is 0. The van der Waals surface area contributed by atoms with E-state index in [4.69, 9.17) is 9.47 Å². The van der Waals surface area contributed by atoms with Crippen molar-refractivity contribution in [3.8, 4) is 5.75 Å². The summed E-state index contributed by atoms with van der Waals surface area (Å²) in [4.78, 5) is 23.2. The van der Waals surface area contributed by atoms with E-state index >= 15 is 0 Å². The molecule has 0 atom stereocenters. The second-order valence-corrected chi connectivity index (χ2v) is 4.61. The maximum absolute atomic E-state index is 12.8. The summed E-state index contributed by atoms with van der Waals surface area (Å²) >= 11 is 0. The second kappa shape index (κ2) is 8.32. The molecular formula is C15H17F3N2O4. The highest BCUT2D eigenvalue weighted by Crippen LogP contribution is 2.35. The van der Waals surface area contributed by atoms with E-state index in [1.165, 1.54) is 26.1 Å². The molecule has 1 amide bonds. The van der Waals surface area contributed by atoms with Gasteiger partial charge in [0.1, 0.15) is 11.5 Å². The van der Waals surface area contributed by atoms with Crippen LogP contribution in [-0.4, -0.2) is 42.9 Å². The first-order chi connectivity index (χ1) is 11.2. The normalized spacial score (nSPS) is 11.8. The van der Waals surface area contributed by atoms with Gasteiger partial charge in [-0.15, -0.1) is 0 Å². The Morgan fingerprint density at radius 1 is 1.25 bits per heavy atom. The predicted octanol–water partition coefficient (Wildman–Crippen LogP) is 2.48. The number of carbonyl (C=O) groups is 2. The average Bonchev–Trinajstić information content (AvgIpc) is 2.52. The first-order valence-corrected chi connectivity index (χ1v) is 6.94. The van der Waals surface area contributed by atoms with Crippen LogP contribution in [0.4, 0.5) is 13.2 Å². The van der Waals surface area contributed by atoms with Crippen molar-refractivity contribution in [2.45, 2.75) is 20.0 Å². The summed E-state index contributed by atoms with van der Waals surface area (Å²) in [6.07, 6.45) is -4.59. The minimum atomic E-state index is -4.59. The van der Waals surface area contributed by atoms with E-state index in [0.717, 1.165) is 17.1 Å². The molecule has 0 saturated carbocycles. The number of nitrogens with zero attached hydrogens (tertiary/aromatic N) is 2. The molecule has 0 fully saturated rings. The molecule has 1 aromatic rings. The molecule has 0 aromatic heterocycles. The van der Waals surface area contributed by atoms with Gasteiger partial charge in [0.05, 0.1) is 12.2 Å². The Bertz CT molecular complexity index is 629. The van der Waals surface area contributed by atoms with Gasteiger partial charge in [-0.1, -0.05) is 12.1 Å². The monoisotopic (exact) mass is 346 g/mol. The summed E-state index contributed by atoms with van der Waals surface area (Å²) in [6.45, 7) is 2.46. The van der Waals surface area contributed by atoms with Crippen molar-refractivity contribution in [3.63, 3.8) is 0 Å². The number of ether oxygens (including phenoxy) is 2. The van der Waals surface area contributed by atoms with Crippen molar-refractivity contribution >= 4 is 17.6 Å². The molecule has 0 heterocycles. The predicted molar refractivity (Wildman–Crippen MR) is 79.5 cm³/mol. The van der Waals surface area contributed by atoms with E-state index in [9.17, 15) is 22.8 Å². The van der Waals surface area contributed by atoms with Gasteiger partial charge in [0.25, 0.3) is 5.91 Å². The molecule has 1 aromatic carbocycles. The fraction of sp³-hybridized carbons (Fsp3) is 0.400. The van der Waals surface area contributed by atoms with Crippen molar-refractivity contribution in [1.29, 1.82) is 0 Å². The number of amides is 1. The highest BCUT2D eigenvalue weighted by atomic mass is 19.4. The van der Waals surface area contributed by atoms with Gasteiger partial charge in [-0.05, 0) is 26.0 Å². The molecule has 0 N–H and O–H groups in total. The average molecular weight is 346 g/mol. The number of benzene rings is 1. The molecule has 132 valence electrons. The summed E-state index contributed by atoms with van der Waals surface area (Å²) in [6, 6.07) is 4.55. The molecule has 0 bridgehead atoms. The summed E-state index contributed by atoms with van der Waals surface area (Å²) in [5.74, 6) is -1.88. The van der Waals surface area contributed by atoms with Crippen molar-refractivity contribution < 1.29 is 32.2 Å². The van der Waals surface area contributed by atoms with Gasteiger partial charge in [0.2, 0.25) is 0 Å². The van der Waals surface area contributed by atoms with Gasteiger partial charge in [-0.2, -0.15) is 18.3 Å². The van der Waals surface area contributed by atoms with Gasteiger partial charge in [-0.3, -0.25) is 4.79 Å². The minimum absolute atomic E-state index is 0.0663. The molecule has 6 nitrogen and oxygen atoms in total. The highest BCUT2D eigenvalue weighted by Gasteiger charge is 2.34. The van der Waals surface area contributed by atoms with Gasteiger partial charge < -0.3 is 9.47 Å². The molecule has 24 heavy (non-hydrogen) atoms. The van der Waals surface area contributed by atoms with Gasteiger partial charge in [0.15, 0.2) is 6.61 Å². The molecule has 0 spiro atoms. The number of esters is 1. The zero-order chi connectivity index (χ0) is 18.3. The number of hydrogen-bond acceptors (Lipinski definition) is 5. The summed E-state index contributed by atoms with van der Waals surface area (Å²) in [7, 11) is 1.25. The van der Waals surface area contributed by atoms with E-state index in [0.29, 0.717) is 0 Å². The van der Waals surface area contributed by atoms with Crippen molar-refractivity contribution in [2.75, 3.05) is 20.3 Å². The lowest BCUT2D eigenvalue weighted by Gasteiger charge is -2.15. The summed E-state index contributed by atoms with van der Waals surface area (Å²) in [5, 5.41) is 4.51. The Kier molecular flexibility index (Phi) is 6.75. The topological polar surface area (TPSA) is 68.2 Å². The van der Waals surface area contributed by atoms with E-state index in [-0.39, 0.29) is 12.3 Å². The summed E-state index contributed by atoms with van der Waals surface area (Å²) < 4.78 is 48.1. The number of likely N-dealkylation sites (N-methyl/N-ethyl adjacent to an activating group) is 1. The first-order valence-electron chi connectivity index (χ1n) is 6.94. The Hall–Kier alpha value is -2.58. The van der Waals surface area contributed by atoms with Crippen LogP contribution in [0.1, 0.15) is 19.4 Å². The van der Waals surface area contributed by atoms with Crippen molar-refractivity contribution in [1.82, 2.24) is 5.01 Å². The Balaban J connectivity index is 2.73. The number of halogens is 3. The van der Waals surface area contributed by atoms with Crippen molar-refractivity contribution in [2.24, 2.45) is 5.10 Å². The molecule has 0 aliphatic rings. The first kappa shape index (κ1) is 19.5. The lowest BCUT2D eigenvalue weighted by Crippen LogP contribution is -2.30. The smallest absolute Gasteiger partial charge is 0.419 e. The van der Waals surface area contributed by atoms with Crippen LogP contribution in [0, 0.1) is 0 Å². The van der Waals surface area contributed by atoms with E-state index < -0.39 is 36.0 Å². The van der Waals surface area contributed by atoms with Gasteiger partial charge >= 0.3 is 12.1 Å². The van der Waals surface area contributed by atoms with Crippen LogP contribution < -0.4 is 4.74 Å². The molecule has 1 rings (SSSR count). The lowest BCUT2D eigenvalue weighted by molar-refractivity contribution is -0.141. The fourth-order valence-electron chi connectivity index (χ4n) is 1.62. The maximum atomic E-state index is 12.8. The van der Waals surface area contributed by atoms with Crippen LogP contribution >= 0.6 is 0 Å². The number of para-hydroxylation sites is 1. The largest absolute Gasteiger partial charge is 0.483 e. The third-order valence-corrected chi connectivity index (χ3v) is 2.78. The van der Waals surface area contributed by atoms with Crippen LogP contribution in [0.5, 0.6) is 5.75 Å². The van der Waals surface area contributed by atoms with Crippen LogP contribution in [0.2, 0.25) is 0 Å². The van der Waals surface area contributed by atoms with E-state index in [1.54, 1.807) is 6.92 Å².